The van der Waals surface area contributed by atoms with Crippen molar-refractivity contribution in [2.45, 2.75) is 34.2 Å². The molecule has 0 aliphatic carbocycles. The summed E-state index contributed by atoms with van der Waals surface area (Å²) in [6, 6.07) is 31.9. The second-order valence-corrected chi connectivity index (χ2v) is 9.44. The number of pyridine rings is 1. The first-order valence-electron chi connectivity index (χ1n) is 12.4. The summed E-state index contributed by atoms with van der Waals surface area (Å²) in [4.78, 5) is 9.86. The van der Waals surface area contributed by atoms with Crippen molar-refractivity contribution in [2.75, 3.05) is 5.32 Å². The quantitative estimate of drug-likeness (QED) is 0.253. The van der Waals surface area contributed by atoms with E-state index >= 15 is 0 Å². The number of aliphatic imine (C=N–C) groups is 1. The molecule has 0 aliphatic heterocycles. The summed E-state index contributed by atoms with van der Waals surface area (Å²) in [6.07, 6.45) is 1.88. The van der Waals surface area contributed by atoms with Crippen LogP contribution >= 0.6 is 0 Å². The number of anilines is 1. The Bertz CT molecular complexity index is 1560. The number of hydrogen-bond acceptors (Lipinski definition) is 3. The number of hydrogen-bond donors (Lipinski definition) is 1. The second-order valence-electron chi connectivity index (χ2n) is 9.44. The summed E-state index contributed by atoms with van der Waals surface area (Å²) in [5.74, 6) is 0. The van der Waals surface area contributed by atoms with Gasteiger partial charge in [0.2, 0.25) is 0 Å². The van der Waals surface area contributed by atoms with Crippen LogP contribution in [0, 0.1) is 27.7 Å². The van der Waals surface area contributed by atoms with Gasteiger partial charge < -0.3 is 5.32 Å². The summed E-state index contributed by atoms with van der Waals surface area (Å²) in [7, 11) is 0. The van der Waals surface area contributed by atoms with Gasteiger partial charge in [0, 0.05) is 17.8 Å². The van der Waals surface area contributed by atoms with Crippen LogP contribution in [0.1, 0.15) is 33.5 Å². The molecule has 5 aromatic rings. The summed E-state index contributed by atoms with van der Waals surface area (Å²) >= 11 is 0. The molecule has 0 amide bonds. The number of para-hydroxylation sites is 1. The van der Waals surface area contributed by atoms with Gasteiger partial charge in [-0.2, -0.15) is 0 Å². The highest BCUT2D eigenvalue weighted by Gasteiger charge is 2.12. The molecule has 0 aliphatic rings. The van der Waals surface area contributed by atoms with Gasteiger partial charge >= 0.3 is 0 Å². The van der Waals surface area contributed by atoms with E-state index in [-0.39, 0.29) is 0 Å². The Labute approximate surface area is 213 Å². The molecule has 1 N–H and O–H groups in total. The highest BCUT2D eigenvalue weighted by Crippen LogP contribution is 2.32. The van der Waals surface area contributed by atoms with E-state index in [1.165, 1.54) is 38.6 Å². The van der Waals surface area contributed by atoms with Crippen molar-refractivity contribution in [3.63, 3.8) is 0 Å². The Kier molecular flexibility index (Phi) is 6.64. The zero-order chi connectivity index (χ0) is 25.1. The molecule has 0 radical (unpaired) electrons. The molecular weight excluding hydrogens is 438 g/mol. The number of aryl methyl sites for hydroxylation is 4. The topological polar surface area (TPSA) is 37.3 Å². The van der Waals surface area contributed by atoms with Gasteiger partial charge in [0.15, 0.2) is 0 Å². The summed E-state index contributed by atoms with van der Waals surface area (Å²) < 4.78 is 0. The van der Waals surface area contributed by atoms with Gasteiger partial charge in [0.25, 0.3) is 0 Å². The molecule has 0 saturated heterocycles. The van der Waals surface area contributed by atoms with Crippen LogP contribution in [-0.2, 0) is 6.54 Å². The smallest absolute Gasteiger partial charge is 0.0820 e. The van der Waals surface area contributed by atoms with E-state index in [1.807, 2.05) is 12.3 Å². The summed E-state index contributed by atoms with van der Waals surface area (Å²) in [6.45, 7) is 9.19. The van der Waals surface area contributed by atoms with Crippen LogP contribution in [0.5, 0.6) is 0 Å². The predicted octanol–water partition coefficient (Wildman–Crippen LogP) is 8.50. The molecule has 1 aromatic heterocycles. The van der Waals surface area contributed by atoms with E-state index in [4.69, 9.17) is 9.98 Å². The van der Waals surface area contributed by atoms with Gasteiger partial charge in [0.05, 0.1) is 23.3 Å². The molecule has 5 rings (SSSR count). The molecular formula is C33H31N3. The molecule has 1 heterocycles. The zero-order valence-electron chi connectivity index (χ0n) is 21.3. The molecule has 0 fully saturated rings. The Morgan fingerprint density at radius 3 is 2.31 bits per heavy atom. The van der Waals surface area contributed by atoms with Crippen LogP contribution in [0.15, 0.2) is 96.0 Å². The summed E-state index contributed by atoms with van der Waals surface area (Å²) in [5, 5.41) is 6.04. The highest BCUT2D eigenvalue weighted by atomic mass is 14.9. The molecule has 0 atom stereocenters. The number of rotatable bonds is 6. The fraction of sp³-hybridized carbons (Fsp3) is 0.152. The maximum Gasteiger partial charge on any atom is 0.0820 e. The number of aromatic nitrogens is 1. The molecule has 4 aromatic carbocycles. The largest absolute Gasteiger partial charge is 0.381 e. The predicted molar refractivity (Wildman–Crippen MR) is 154 cm³/mol. The molecule has 3 heteroatoms. The third kappa shape index (κ3) is 4.92. The highest BCUT2D eigenvalue weighted by molar-refractivity contribution is 5.98. The van der Waals surface area contributed by atoms with E-state index < -0.39 is 0 Å². The number of nitrogens with zero attached hydrogens (tertiary/aromatic N) is 2. The first-order valence-corrected chi connectivity index (χ1v) is 12.4. The average Bonchev–Trinajstić information content (AvgIpc) is 2.87. The minimum atomic E-state index is 0.715. The maximum atomic E-state index is 5.04. The normalized spacial score (nSPS) is 11.3. The SMILES string of the molecule is Cc1cc(C)c(/N=C\c2cccc(-c3c(CNc4ccccc4C)ccc4ccccc34)n2)c(C)c1. The van der Waals surface area contributed by atoms with Gasteiger partial charge in [-0.15, -0.1) is 0 Å². The molecule has 178 valence electrons. The first-order chi connectivity index (χ1) is 17.5. The number of fused-ring (bicyclic) bond motifs is 1. The van der Waals surface area contributed by atoms with Gasteiger partial charge in [-0.3, -0.25) is 4.99 Å². The Morgan fingerprint density at radius 1 is 0.750 bits per heavy atom. The van der Waals surface area contributed by atoms with E-state index in [2.05, 4.69) is 118 Å². The second kappa shape index (κ2) is 10.2. The maximum absolute atomic E-state index is 5.04. The fourth-order valence-corrected chi connectivity index (χ4v) is 4.90. The van der Waals surface area contributed by atoms with Crippen LogP contribution in [0.2, 0.25) is 0 Å². The first kappa shape index (κ1) is 23.5. The van der Waals surface area contributed by atoms with Gasteiger partial charge in [-0.1, -0.05) is 78.4 Å². The van der Waals surface area contributed by atoms with Crippen molar-refractivity contribution in [1.82, 2.24) is 4.98 Å². The van der Waals surface area contributed by atoms with Crippen LogP contribution in [-0.4, -0.2) is 11.2 Å². The summed E-state index contributed by atoms with van der Waals surface area (Å²) in [5.41, 5.74) is 11.2. The number of benzene rings is 4. The molecule has 3 nitrogen and oxygen atoms in total. The molecule has 36 heavy (non-hydrogen) atoms. The van der Waals surface area contributed by atoms with Crippen LogP contribution < -0.4 is 5.32 Å². The molecule has 0 bridgehead atoms. The molecule has 0 saturated carbocycles. The third-order valence-electron chi connectivity index (χ3n) is 6.62. The third-order valence-corrected chi connectivity index (χ3v) is 6.62. The lowest BCUT2D eigenvalue weighted by Gasteiger charge is -2.16. The molecule has 0 unspecified atom stereocenters. The van der Waals surface area contributed by atoms with Crippen LogP contribution in [0.3, 0.4) is 0 Å². The minimum absolute atomic E-state index is 0.715. The van der Waals surface area contributed by atoms with Crippen molar-refractivity contribution in [3.8, 4) is 11.3 Å². The van der Waals surface area contributed by atoms with E-state index in [0.29, 0.717) is 6.54 Å². The van der Waals surface area contributed by atoms with Gasteiger partial charge in [0.1, 0.15) is 0 Å². The van der Waals surface area contributed by atoms with E-state index in [9.17, 15) is 0 Å². The van der Waals surface area contributed by atoms with Crippen molar-refractivity contribution >= 4 is 28.4 Å². The monoisotopic (exact) mass is 469 g/mol. The zero-order valence-corrected chi connectivity index (χ0v) is 21.3. The lowest BCUT2D eigenvalue weighted by Crippen LogP contribution is -2.04. The Hall–Kier alpha value is -4.24. The van der Waals surface area contributed by atoms with Crippen molar-refractivity contribution in [3.05, 3.63) is 125 Å². The average molecular weight is 470 g/mol. The van der Waals surface area contributed by atoms with Gasteiger partial charge in [-0.05, 0) is 78.9 Å². The number of nitrogens with one attached hydrogen (secondary N) is 1. The van der Waals surface area contributed by atoms with Crippen molar-refractivity contribution in [1.29, 1.82) is 0 Å². The Balaban J connectivity index is 1.54. The van der Waals surface area contributed by atoms with Gasteiger partial charge in [-0.25, -0.2) is 4.98 Å². The lowest BCUT2D eigenvalue weighted by molar-refractivity contribution is 1.14. The van der Waals surface area contributed by atoms with Crippen molar-refractivity contribution in [2.24, 2.45) is 4.99 Å². The van der Waals surface area contributed by atoms with Crippen LogP contribution in [0.4, 0.5) is 11.4 Å². The lowest BCUT2D eigenvalue weighted by atomic mass is 9.95. The minimum Gasteiger partial charge on any atom is -0.381 e. The fourth-order valence-electron chi connectivity index (χ4n) is 4.90. The molecule has 0 spiro atoms. The Morgan fingerprint density at radius 2 is 1.50 bits per heavy atom. The van der Waals surface area contributed by atoms with E-state index in [1.54, 1.807) is 0 Å². The van der Waals surface area contributed by atoms with Crippen LogP contribution in [0.25, 0.3) is 22.0 Å². The van der Waals surface area contributed by atoms with E-state index in [0.717, 1.165) is 28.3 Å². The standard InChI is InChI=1S/C33H31N3/c1-22-18-24(3)33(25(4)19-22)35-21-28-12-9-15-31(36-28)32-27(17-16-26-11-6-7-13-29(26)32)20-34-30-14-8-5-10-23(30)2/h5-19,21,34H,20H2,1-4H3/b35-21-. The van der Waals surface area contributed by atoms with Crippen molar-refractivity contribution < 1.29 is 0 Å².